The number of hydrogen-bond donors (Lipinski definition) is 1. The van der Waals surface area contributed by atoms with Gasteiger partial charge < -0.3 is 14.6 Å². The van der Waals surface area contributed by atoms with Crippen molar-refractivity contribution in [2.45, 2.75) is 44.2 Å². The molecule has 0 aromatic carbocycles. The molecule has 4 nitrogen and oxygen atoms in total. The number of epoxide rings is 1. The van der Waals surface area contributed by atoms with E-state index in [9.17, 15) is 9.90 Å². The van der Waals surface area contributed by atoms with Gasteiger partial charge in [0.15, 0.2) is 0 Å². The fourth-order valence-electron chi connectivity index (χ4n) is 2.96. The van der Waals surface area contributed by atoms with E-state index in [1.165, 1.54) is 0 Å². The first-order chi connectivity index (χ1) is 8.90. The molecule has 2 aliphatic heterocycles. The molecule has 19 heavy (non-hydrogen) atoms. The summed E-state index contributed by atoms with van der Waals surface area (Å²) in [7, 11) is 0. The van der Waals surface area contributed by atoms with Crippen LogP contribution in [0.4, 0.5) is 0 Å². The normalized spacial score (nSPS) is 45.1. The van der Waals surface area contributed by atoms with E-state index < -0.39 is 18.2 Å². The van der Waals surface area contributed by atoms with Crippen molar-refractivity contribution in [3.05, 3.63) is 36.0 Å². The van der Waals surface area contributed by atoms with E-state index in [4.69, 9.17) is 9.47 Å². The van der Waals surface area contributed by atoms with E-state index >= 15 is 0 Å². The van der Waals surface area contributed by atoms with Crippen LogP contribution in [-0.4, -0.2) is 35.0 Å². The number of aliphatic hydroxyl groups excluding tert-OH is 1. The summed E-state index contributed by atoms with van der Waals surface area (Å²) in [6.45, 7) is 7.67. The van der Waals surface area contributed by atoms with Crippen LogP contribution >= 0.6 is 0 Å². The number of hydrogen-bond acceptors (Lipinski definition) is 4. The molecule has 0 amide bonds. The Hall–Kier alpha value is -1.39. The summed E-state index contributed by atoms with van der Waals surface area (Å²) < 4.78 is 10.9. The molecule has 1 aliphatic carbocycles. The third-order valence-electron chi connectivity index (χ3n) is 4.19. The van der Waals surface area contributed by atoms with Crippen molar-refractivity contribution < 1.29 is 19.4 Å². The molecule has 102 valence electrons. The molecule has 0 unspecified atom stereocenters. The lowest BCUT2D eigenvalue weighted by atomic mass is 9.84. The van der Waals surface area contributed by atoms with Crippen LogP contribution in [0.15, 0.2) is 36.0 Å². The zero-order chi connectivity index (χ0) is 13.8. The highest BCUT2D eigenvalue weighted by Crippen LogP contribution is 2.45. The maximum absolute atomic E-state index is 11.6. The van der Waals surface area contributed by atoms with Crippen molar-refractivity contribution in [2.24, 2.45) is 5.92 Å². The molecule has 0 bridgehead atoms. The van der Waals surface area contributed by atoms with Gasteiger partial charge in [-0.2, -0.15) is 0 Å². The van der Waals surface area contributed by atoms with Crippen molar-refractivity contribution in [2.75, 3.05) is 0 Å². The van der Waals surface area contributed by atoms with Crippen molar-refractivity contribution >= 4 is 5.97 Å². The Morgan fingerprint density at radius 3 is 3.00 bits per heavy atom. The summed E-state index contributed by atoms with van der Waals surface area (Å²) >= 11 is 0. The summed E-state index contributed by atoms with van der Waals surface area (Å²) in [6.07, 6.45) is 5.22. The van der Waals surface area contributed by atoms with Gasteiger partial charge in [0.2, 0.25) is 0 Å². The molecule has 0 radical (unpaired) electrons. The van der Waals surface area contributed by atoms with Gasteiger partial charge in [0.05, 0.1) is 17.6 Å². The number of ether oxygens (including phenoxy) is 2. The van der Waals surface area contributed by atoms with E-state index in [2.05, 4.69) is 6.58 Å². The minimum Gasteiger partial charge on any atom is -0.454 e. The SMILES string of the molecule is C=C1C(=O)O[C@@H]2C=C(C)C=C[C@H]3O[C@]3(C)C[C@@H](O)[C@@H]12. The fraction of sp³-hybridized carbons (Fsp3) is 0.533. The highest BCUT2D eigenvalue weighted by atomic mass is 16.6. The molecule has 3 aliphatic rings. The Morgan fingerprint density at radius 1 is 1.53 bits per heavy atom. The number of carbonyl (C=O) groups excluding carboxylic acids is 1. The number of fused-ring (bicyclic) bond motifs is 2. The second-order valence-corrected chi connectivity index (χ2v) is 5.81. The minimum atomic E-state index is -0.686. The third-order valence-corrected chi connectivity index (χ3v) is 4.19. The summed E-state index contributed by atoms with van der Waals surface area (Å²) in [4.78, 5) is 11.6. The van der Waals surface area contributed by atoms with Crippen LogP contribution in [0.25, 0.3) is 0 Å². The van der Waals surface area contributed by atoms with E-state index in [0.29, 0.717) is 12.0 Å². The van der Waals surface area contributed by atoms with Gasteiger partial charge in [-0.3, -0.25) is 0 Å². The first-order valence-electron chi connectivity index (χ1n) is 6.53. The third kappa shape index (κ3) is 2.05. The summed E-state index contributed by atoms with van der Waals surface area (Å²) in [5.41, 5.74) is 1.00. The molecule has 5 atom stereocenters. The zero-order valence-electron chi connectivity index (χ0n) is 11.1. The number of rotatable bonds is 0. The predicted octanol–water partition coefficient (Wildman–Crippen LogP) is 1.51. The molecule has 2 saturated heterocycles. The maximum atomic E-state index is 11.6. The van der Waals surface area contributed by atoms with Gasteiger partial charge in [-0.15, -0.1) is 0 Å². The van der Waals surface area contributed by atoms with Crippen molar-refractivity contribution in [3.63, 3.8) is 0 Å². The molecule has 4 heteroatoms. The van der Waals surface area contributed by atoms with E-state index in [1.54, 1.807) is 0 Å². The maximum Gasteiger partial charge on any atom is 0.334 e. The number of allylic oxidation sites excluding steroid dienone is 2. The van der Waals surface area contributed by atoms with Crippen molar-refractivity contribution in [1.82, 2.24) is 0 Å². The van der Waals surface area contributed by atoms with Gasteiger partial charge in [0.25, 0.3) is 0 Å². The van der Waals surface area contributed by atoms with Crippen LogP contribution in [0.5, 0.6) is 0 Å². The monoisotopic (exact) mass is 262 g/mol. The second kappa shape index (κ2) is 4.05. The molecule has 1 N–H and O–H groups in total. The van der Waals surface area contributed by atoms with Gasteiger partial charge in [-0.1, -0.05) is 24.3 Å². The molecule has 0 aromatic rings. The zero-order valence-corrected chi connectivity index (χ0v) is 11.1. The van der Waals surface area contributed by atoms with Crippen molar-refractivity contribution in [1.29, 1.82) is 0 Å². The Kier molecular flexibility index (Phi) is 2.69. The molecule has 2 heterocycles. The van der Waals surface area contributed by atoms with Gasteiger partial charge in [-0.25, -0.2) is 4.79 Å². The summed E-state index contributed by atoms with van der Waals surface area (Å²) in [5, 5.41) is 10.4. The van der Waals surface area contributed by atoms with Crippen LogP contribution in [0.3, 0.4) is 0 Å². The van der Waals surface area contributed by atoms with Crippen LogP contribution in [0, 0.1) is 5.92 Å². The average molecular weight is 262 g/mol. The Bertz CT molecular complexity index is 504. The number of esters is 1. The molecule has 3 rings (SSSR count). The van der Waals surface area contributed by atoms with E-state index in [0.717, 1.165) is 5.57 Å². The molecular formula is C15H18O4. The lowest BCUT2D eigenvalue weighted by Gasteiger charge is -2.23. The lowest BCUT2D eigenvalue weighted by Crippen LogP contribution is -2.32. The van der Waals surface area contributed by atoms with Crippen LogP contribution in [-0.2, 0) is 14.3 Å². The highest BCUT2D eigenvalue weighted by Gasteiger charge is 2.54. The Labute approximate surface area is 112 Å². The Balaban J connectivity index is 1.97. The topological polar surface area (TPSA) is 59.1 Å². The van der Waals surface area contributed by atoms with Crippen molar-refractivity contribution in [3.8, 4) is 0 Å². The molecule has 0 spiro atoms. The van der Waals surface area contributed by atoms with E-state index in [-0.39, 0.29) is 17.6 Å². The molecule has 0 aromatic heterocycles. The molecular weight excluding hydrogens is 244 g/mol. The number of aliphatic hydroxyl groups is 1. The van der Waals surface area contributed by atoms with Gasteiger partial charge in [0.1, 0.15) is 12.2 Å². The lowest BCUT2D eigenvalue weighted by molar-refractivity contribution is -0.137. The van der Waals surface area contributed by atoms with Gasteiger partial charge in [0, 0.05) is 12.0 Å². The molecule has 0 saturated carbocycles. The minimum absolute atomic E-state index is 0.0355. The van der Waals surface area contributed by atoms with E-state index in [1.807, 2.05) is 32.1 Å². The first kappa shape index (κ1) is 12.6. The summed E-state index contributed by atoms with van der Waals surface area (Å²) in [6, 6.07) is 0. The van der Waals surface area contributed by atoms with Gasteiger partial charge in [-0.05, 0) is 19.9 Å². The number of carbonyl (C=O) groups is 1. The average Bonchev–Trinajstić information content (AvgIpc) is 2.86. The first-order valence-corrected chi connectivity index (χ1v) is 6.53. The quantitative estimate of drug-likeness (QED) is 0.408. The summed E-state index contributed by atoms with van der Waals surface area (Å²) in [5.74, 6) is -0.796. The standard InChI is InChI=1S/C15H18O4/c1-8-4-5-12-15(3,19-12)7-10(16)13-9(2)14(17)18-11(13)6-8/h4-6,10-13,16H,2,7H2,1,3H3/t10-,11-,12-,13-,15-/m1/s1. The fourth-order valence-corrected chi connectivity index (χ4v) is 2.96. The second-order valence-electron chi connectivity index (χ2n) is 5.81. The van der Waals surface area contributed by atoms with Crippen LogP contribution in [0.2, 0.25) is 0 Å². The van der Waals surface area contributed by atoms with Crippen LogP contribution < -0.4 is 0 Å². The van der Waals surface area contributed by atoms with Crippen LogP contribution in [0.1, 0.15) is 20.3 Å². The molecule has 2 fully saturated rings. The smallest absolute Gasteiger partial charge is 0.334 e. The Morgan fingerprint density at radius 2 is 2.26 bits per heavy atom. The van der Waals surface area contributed by atoms with Gasteiger partial charge >= 0.3 is 5.97 Å². The predicted molar refractivity (Wildman–Crippen MR) is 69.3 cm³/mol. The highest BCUT2D eigenvalue weighted by molar-refractivity contribution is 5.91. The largest absolute Gasteiger partial charge is 0.454 e.